The van der Waals surface area contributed by atoms with Gasteiger partial charge in [0, 0.05) is 12.1 Å². The molecule has 0 fully saturated rings. The quantitative estimate of drug-likeness (QED) is 0.476. The van der Waals surface area contributed by atoms with E-state index in [1.54, 1.807) is 18.2 Å². The van der Waals surface area contributed by atoms with E-state index >= 15 is 0 Å². The summed E-state index contributed by atoms with van der Waals surface area (Å²) in [4.78, 5) is 17.7. The summed E-state index contributed by atoms with van der Waals surface area (Å²) in [6.45, 7) is 4.26. The van der Waals surface area contributed by atoms with Gasteiger partial charge in [0.15, 0.2) is 4.80 Å². The van der Waals surface area contributed by atoms with Crippen molar-refractivity contribution in [3.8, 4) is 0 Å². The molecule has 1 amide bonds. The molecule has 4 rings (SSSR count). The van der Waals surface area contributed by atoms with E-state index < -0.39 is 0 Å². The van der Waals surface area contributed by atoms with Crippen molar-refractivity contribution in [1.29, 1.82) is 0 Å². The molecule has 0 atom stereocenters. The Labute approximate surface area is 153 Å². The average molecular weight is 362 g/mol. The van der Waals surface area contributed by atoms with Gasteiger partial charge in [-0.3, -0.25) is 4.79 Å². The number of fused-ring (bicyclic) bond motifs is 2. The number of hydrogen-bond acceptors (Lipinski definition) is 2. The molecule has 0 aliphatic heterocycles. The molecule has 4 aromatic rings. The van der Waals surface area contributed by atoms with Crippen LogP contribution in [0.1, 0.15) is 10.4 Å². The summed E-state index contributed by atoms with van der Waals surface area (Å²) in [5.74, 6) is -0.622. The van der Waals surface area contributed by atoms with Crippen LogP contribution in [0.3, 0.4) is 0 Å². The third-order valence-electron chi connectivity index (χ3n) is 4.17. The number of hydrogen-bond donors (Lipinski definition) is 0. The second-order valence-corrected chi connectivity index (χ2v) is 6.85. The van der Waals surface area contributed by atoms with Crippen LogP contribution in [0, 0.1) is 5.82 Å². The van der Waals surface area contributed by atoms with Gasteiger partial charge in [-0.1, -0.05) is 53.8 Å². The molecule has 0 unspecified atom stereocenters. The van der Waals surface area contributed by atoms with Crippen molar-refractivity contribution >= 4 is 38.2 Å². The van der Waals surface area contributed by atoms with E-state index in [-0.39, 0.29) is 11.7 Å². The Balaban J connectivity index is 1.91. The van der Waals surface area contributed by atoms with E-state index in [9.17, 15) is 9.18 Å². The molecule has 1 aromatic heterocycles. The van der Waals surface area contributed by atoms with Crippen LogP contribution in [0.5, 0.6) is 0 Å². The van der Waals surface area contributed by atoms with Gasteiger partial charge in [-0.2, -0.15) is 4.99 Å². The molecule has 0 radical (unpaired) electrons. The Morgan fingerprint density at radius 2 is 1.96 bits per heavy atom. The van der Waals surface area contributed by atoms with Crippen LogP contribution in [0.25, 0.3) is 21.0 Å². The minimum atomic E-state index is -0.313. The van der Waals surface area contributed by atoms with E-state index in [1.165, 1.54) is 23.5 Å². The molecule has 128 valence electrons. The summed E-state index contributed by atoms with van der Waals surface area (Å²) in [5, 5.41) is 1.86. The molecule has 0 saturated heterocycles. The highest BCUT2D eigenvalue weighted by Crippen LogP contribution is 2.21. The Kier molecular flexibility index (Phi) is 4.22. The zero-order valence-corrected chi connectivity index (χ0v) is 14.7. The van der Waals surface area contributed by atoms with Gasteiger partial charge < -0.3 is 4.57 Å². The van der Waals surface area contributed by atoms with Crippen LogP contribution >= 0.6 is 11.3 Å². The van der Waals surface area contributed by atoms with Crippen LogP contribution in [0.4, 0.5) is 4.39 Å². The fraction of sp³-hybridized carbons (Fsp3) is 0.0476. The molecule has 26 heavy (non-hydrogen) atoms. The molecule has 0 bridgehead atoms. The molecule has 0 spiro atoms. The Morgan fingerprint density at radius 1 is 1.15 bits per heavy atom. The van der Waals surface area contributed by atoms with Gasteiger partial charge in [0.25, 0.3) is 5.91 Å². The molecule has 0 aliphatic carbocycles. The highest BCUT2D eigenvalue weighted by molar-refractivity contribution is 7.16. The van der Waals surface area contributed by atoms with Crippen molar-refractivity contribution in [2.24, 2.45) is 4.99 Å². The van der Waals surface area contributed by atoms with Crippen LogP contribution in [0.2, 0.25) is 0 Å². The first-order chi connectivity index (χ1) is 12.7. The van der Waals surface area contributed by atoms with Gasteiger partial charge in [-0.25, -0.2) is 4.39 Å². The molecule has 3 aromatic carbocycles. The summed E-state index contributed by atoms with van der Waals surface area (Å²) < 4.78 is 16.2. The largest absolute Gasteiger partial charge is 0.312 e. The van der Waals surface area contributed by atoms with Crippen molar-refractivity contribution in [2.75, 3.05) is 0 Å². The molecule has 5 heteroatoms. The summed E-state index contributed by atoms with van der Waals surface area (Å²) in [5.41, 5.74) is 1.39. The van der Waals surface area contributed by atoms with Gasteiger partial charge in [0.1, 0.15) is 5.82 Å². The van der Waals surface area contributed by atoms with Crippen LogP contribution < -0.4 is 4.80 Å². The van der Waals surface area contributed by atoms with E-state index in [0.29, 0.717) is 16.9 Å². The van der Waals surface area contributed by atoms with Gasteiger partial charge >= 0.3 is 0 Å². The number of allylic oxidation sites excluding steroid dienone is 1. The number of amides is 1. The smallest absolute Gasteiger partial charge is 0.280 e. The second-order valence-electron chi connectivity index (χ2n) is 5.84. The van der Waals surface area contributed by atoms with Crippen molar-refractivity contribution < 1.29 is 9.18 Å². The maximum absolute atomic E-state index is 13.5. The first-order valence-electron chi connectivity index (χ1n) is 8.14. The Morgan fingerprint density at radius 3 is 2.81 bits per heavy atom. The van der Waals surface area contributed by atoms with Gasteiger partial charge in [-0.05, 0) is 35.0 Å². The first-order valence-corrected chi connectivity index (χ1v) is 8.95. The van der Waals surface area contributed by atoms with Crippen LogP contribution in [0.15, 0.2) is 78.3 Å². The molecule has 0 aliphatic rings. The summed E-state index contributed by atoms with van der Waals surface area (Å²) >= 11 is 1.29. The fourth-order valence-electron chi connectivity index (χ4n) is 3.00. The van der Waals surface area contributed by atoms with E-state index in [4.69, 9.17) is 0 Å². The number of nitrogens with zero attached hydrogens (tertiary/aromatic N) is 2. The average Bonchev–Trinajstić information content (AvgIpc) is 2.97. The van der Waals surface area contributed by atoms with Gasteiger partial charge in [-0.15, -0.1) is 6.58 Å². The predicted molar refractivity (Wildman–Crippen MR) is 104 cm³/mol. The van der Waals surface area contributed by atoms with E-state index in [2.05, 4.69) is 11.6 Å². The fourth-order valence-corrected chi connectivity index (χ4v) is 4.06. The first kappa shape index (κ1) is 16.4. The number of benzene rings is 3. The zero-order chi connectivity index (χ0) is 18.1. The number of carbonyl (C=O) groups excluding carboxylic acids is 1. The lowest BCUT2D eigenvalue weighted by Gasteiger charge is -2.03. The van der Waals surface area contributed by atoms with E-state index in [1.807, 2.05) is 41.0 Å². The van der Waals surface area contributed by atoms with Gasteiger partial charge in [0.05, 0.1) is 10.2 Å². The summed E-state index contributed by atoms with van der Waals surface area (Å²) in [6.07, 6.45) is 1.73. The summed E-state index contributed by atoms with van der Waals surface area (Å²) in [7, 11) is 0. The monoisotopic (exact) mass is 362 g/mol. The van der Waals surface area contributed by atoms with Crippen molar-refractivity contribution in [2.45, 2.75) is 6.54 Å². The number of thiazole rings is 1. The normalized spacial score (nSPS) is 12.0. The molecular formula is C21H15FN2OS. The van der Waals surface area contributed by atoms with Crippen molar-refractivity contribution in [3.63, 3.8) is 0 Å². The van der Waals surface area contributed by atoms with E-state index in [0.717, 1.165) is 21.0 Å². The van der Waals surface area contributed by atoms with Crippen molar-refractivity contribution in [3.05, 3.63) is 89.5 Å². The standard InChI is InChI=1S/C21H15FN2OS/c1-2-12-24-18-11-10-15(22)13-19(18)26-21(24)23-20(25)17-9-5-7-14-6-3-4-8-16(14)17/h2-11,13H,1,12H2. The third kappa shape index (κ3) is 2.86. The predicted octanol–water partition coefficient (Wildman–Crippen LogP) is 4.92. The minimum Gasteiger partial charge on any atom is -0.312 e. The molecule has 0 saturated carbocycles. The maximum Gasteiger partial charge on any atom is 0.280 e. The number of halogens is 1. The Bertz CT molecular complexity index is 1210. The lowest BCUT2D eigenvalue weighted by Crippen LogP contribution is -2.16. The molecule has 3 nitrogen and oxygen atoms in total. The van der Waals surface area contributed by atoms with Crippen molar-refractivity contribution in [1.82, 2.24) is 4.57 Å². The number of aromatic nitrogens is 1. The summed E-state index contributed by atoms with van der Waals surface area (Å²) in [6, 6.07) is 17.9. The molecule has 1 heterocycles. The SMILES string of the molecule is C=CCn1c(=NC(=O)c2cccc3ccccc23)sc2cc(F)ccc21. The lowest BCUT2D eigenvalue weighted by atomic mass is 10.0. The molecular weight excluding hydrogens is 347 g/mol. The topological polar surface area (TPSA) is 34.4 Å². The second kappa shape index (κ2) is 6.69. The molecule has 0 N–H and O–H groups in total. The maximum atomic E-state index is 13.5. The lowest BCUT2D eigenvalue weighted by molar-refractivity contribution is 0.0999. The highest BCUT2D eigenvalue weighted by Gasteiger charge is 2.11. The van der Waals surface area contributed by atoms with Crippen LogP contribution in [-0.2, 0) is 6.54 Å². The third-order valence-corrected chi connectivity index (χ3v) is 5.21. The minimum absolute atomic E-state index is 0.309. The number of carbonyl (C=O) groups is 1. The highest BCUT2D eigenvalue weighted by atomic mass is 32.1. The van der Waals surface area contributed by atoms with Crippen LogP contribution in [-0.4, -0.2) is 10.5 Å². The Hall–Kier alpha value is -3.05. The van der Waals surface area contributed by atoms with Gasteiger partial charge in [0.2, 0.25) is 0 Å². The zero-order valence-electron chi connectivity index (χ0n) is 13.9. The number of rotatable bonds is 3.